The van der Waals surface area contributed by atoms with Crippen molar-refractivity contribution < 1.29 is 28.6 Å². The van der Waals surface area contributed by atoms with E-state index in [1.165, 1.54) is 19.2 Å². The number of rotatable bonds is 10. The van der Waals surface area contributed by atoms with Gasteiger partial charge in [0.2, 0.25) is 0 Å². The molecule has 1 aromatic rings. The minimum absolute atomic E-state index is 0.183. The SMILES string of the molecule is CCCCNC(=O)NC(=O)COC(=O)c1cc(Br)c(OCCC)c(OC)c1. The van der Waals surface area contributed by atoms with E-state index in [0.29, 0.717) is 29.1 Å². The van der Waals surface area contributed by atoms with Crippen LogP contribution in [0, 0.1) is 0 Å². The molecule has 0 aliphatic heterocycles. The number of hydrogen-bond donors (Lipinski definition) is 2. The second kappa shape index (κ2) is 12.2. The van der Waals surface area contributed by atoms with E-state index in [4.69, 9.17) is 14.2 Å². The number of carbonyl (C=O) groups is 3. The molecule has 150 valence electrons. The highest BCUT2D eigenvalue weighted by Gasteiger charge is 2.18. The fraction of sp³-hybridized carbons (Fsp3) is 0.500. The average molecular weight is 445 g/mol. The van der Waals surface area contributed by atoms with Gasteiger partial charge in [-0.05, 0) is 40.9 Å². The molecule has 8 nitrogen and oxygen atoms in total. The third kappa shape index (κ3) is 7.86. The summed E-state index contributed by atoms with van der Waals surface area (Å²) in [5.74, 6) is -0.592. The summed E-state index contributed by atoms with van der Waals surface area (Å²) in [7, 11) is 1.46. The van der Waals surface area contributed by atoms with E-state index in [1.54, 1.807) is 0 Å². The fourth-order valence-electron chi connectivity index (χ4n) is 1.98. The second-order valence-electron chi connectivity index (χ2n) is 5.57. The first-order valence-corrected chi connectivity index (χ1v) is 9.47. The van der Waals surface area contributed by atoms with Gasteiger partial charge >= 0.3 is 12.0 Å². The van der Waals surface area contributed by atoms with E-state index in [9.17, 15) is 14.4 Å². The zero-order valence-corrected chi connectivity index (χ0v) is 17.3. The molecule has 1 rings (SSSR count). The van der Waals surface area contributed by atoms with Crippen molar-refractivity contribution in [2.45, 2.75) is 33.1 Å². The smallest absolute Gasteiger partial charge is 0.338 e. The summed E-state index contributed by atoms with van der Waals surface area (Å²) in [5.41, 5.74) is 0.183. The molecular weight excluding hydrogens is 420 g/mol. The molecule has 0 saturated heterocycles. The van der Waals surface area contributed by atoms with Crippen LogP contribution in [-0.4, -0.2) is 44.8 Å². The molecule has 0 aliphatic carbocycles. The quantitative estimate of drug-likeness (QED) is 0.424. The second-order valence-corrected chi connectivity index (χ2v) is 6.43. The lowest BCUT2D eigenvalue weighted by Crippen LogP contribution is -2.41. The van der Waals surface area contributed by atoms with E-state index in [0.717, 1.165) is 19.3 Å². The minimum Gasteiger partial charge on any atom is -0.493 e. The summed E-state index contributed by atoms with van der Waals surface area (Å²) in [6.45, 7) is 4.35. The Bertz CT molecular complexity index is 665. The Morgan fingerprint density at radius 3 is 2.52 bits per heavy atom. The lowest BCUT2D eigenvalue weighted by Gasteiger charge is -2.13. The van der Waals surface area contributed by atoms with Crippen molar-refractivity contribution in [2.75, 3.05) is 26.9 Å². The van der Waals surface area contributed by atoms with Gasteiger partial charge in [0.1, 0.15) is 0 Å². The molecule has 0 atom stereocenters. The monoisotopic (exact) mass is 444 g/mol. The van der Waals surface area contributed by atoms with Gasteiger partial charge in [-0.15, -0.1) is 0 Å². The predicted octanol–water partition coefficient (Wildman–Crippen LogP) is 3.03. The van der Waals surface area contributed by atoms with Gasteiger partial charge in [0.05, 0.1) is 23.8 Å². The highest BCUT2D eigenvalue weighted by atomic mass is 79.9. The van der Waals surface area contributed by atoms with E-state index >= 15 is 0 Å². The van der Waals surface area contributed by atoms with Crippen molar-refractivity contribution >= 4 is 33.8 Å². The van der Waals surface area contributed by atoms with Gasteiger partial charge in [0.15, 0.2) is 18.1 Å². The summed E-state index contributed by atoms with van der Waals surface area (Å²) >= 11 is 3.34. The third-order valence-electron chi connectivity index (χ3n) is 3.32. The summed E-state index contributed by atoms with van der Waals surface area (Å²) in [5, 5.41) is 4.62. The summed E-state index contributed by atoms with van der Waals surface area (Å²) < 4.78 is 16.3. The standard InChI is InChI=1S/C18H25BrN2O6/c1-4-6-7-20-18(24)21-15(22)11-27-17(23)12-9-13(19)16(26-8-5-2)14(10-12)25-3/h9-10H,4-8,11H2,1-3H3,(H2,20,21,22,24). The first-order chi connectivity index (χ1) is 12.9. The van der Waals surface area contributed by atoms with Gasteiger partial charge in [-0.25, -0.2) is 9.59 Å². The van der Waals surface area contributed by atoms with Crippen molar-refractivity contribution in [2.24, 2.45) is 0 Å². The van der Waals surface area contributed by atoms with Crippen LogP contribution in [0.5, 0.6) is 11.5 Å². The van der Waals surface area contributed by atoms with Crippen LogP contribution in [0.1, 0.15) is 43.5 Å². The lowest BCUT2D eigenvalue weighted by molar-refractivity contribution is -0.123. The average Bonchev–Trinajstić information content (AvgIpc) is 2.64. The Labute approximate surface area is 167 Å². The molecule has 0 fully saturated rings. The number of urea groups is 1. The first-order valence-electron chi connectivity index (χ1n) is 8.68. The number of methoxy groups -OCH3 is 1. The number of amides is 3. The van der Waals surface area contributed by atoms with E-state index in [2.05, 4.69) is 26.6 Å². The molecule has 1 aromatic carbocycles. The molecule has 27 heavy (non-hydrogen) atoms. The number of esters is 1. The van der Waals surface area contributed by atoms with Crippen molar-refractivity contribution in [3.05, 3.63) is 22.2 Å². The molecular formula is C18H25BrN2O6. The van der Waals surface area contributed by atoms with Gasteiger partial charge in [-0.3, -0.25) is 10.1 Å². The first kappa shape index (κ1) is 22.8. The highest BCUT2D eigenvalue weighted by molar-refractivity contribution is 9.10. The molecule has 0 radical (unpaired) electrons. The largest absolute Gasteiger partial charge is 0.493 e. The molecule has 0 aliphatic rings. The molecule has 0 spiro atoms. The molecule has 3 amide bonds. The Hall–Kier alpha value is -2.29. The Kier molecular flexibility index (Phi) is 10.2. The van der Waals surface area contributed by atoms with Gasteiger partial charge in [0, 0.05) is 6.54 Å². The summed E-state index contributed by atoms with van der Waals surface area (Å²) in [4.78, 5) is 35.3. The van der Waals surface area contributed by atoms with Crippen LogP contribution in [0.15, 0.2) is 16.6 Å². The number of ether oxygens (including phenoxy) is 3. The van der Waals surface area contributed by atoms with Crippen LogP contribution < -0.4 is 20.1 Å². The maximum absolute atomic E-state index is 12.2. The lowest BCUT2D eigenvalue weighted by atomic mass is 10.2. The molecule has 9 heteroatoms. The number of hydrogen-bond acceptors (Lipinski definition) is 6. The number of imide groups is 1. The summed E-state index contributed by atoms with van der Waals surface area (Å²) in [6.07, 6.45) is 2.55. The van der Waals surface area contributed by atoms with E-state index in [-0.39, 0.29) is 5.56 Å². The molecule has 0 saturated carbocycles. The highest BCUT2D eigenvalue weighted by Crippen LogP contribution is 2.36. The molecule has 2 N–H and O–H groups in total. The topological polar surface area (TPSA) is 103 Å². The number of carbonyl (C=O) groups excluding carboxylic acids is 3. The van der Waals surface area contributed by atoms with E-state index < -0.39 is 24.5 Å². The van der Waals surface area contributed by atoms with Crippen molar-refractivity contribution in [3.8, 4) is 11.5 Å². The third-order valence-corrected chi connectivity index (χ3v) is 3.91. The summed E-state index contributed by atoms with van der Waals surface area (Å²) in [6, 6.07) is 2.37. The van der Waals surface area contributed by atoms with Crippen LogP contribution in [0.3, 0.4) is 0 Å². The van der Waals surface area contributed by atoms with Gasteiger partial charge in [-0.1, -0.05) is 20.3 Å². The number of halogens is 1. The van der Waals surface area contributed by atoms with Gasteiger partial charge in [-0.2, -0.15) is 0 Å². The number of nitrogens with one attached hydrogen (secondary N) is 2. The zero-order chi connectivity index (χ0) is 20.2. The van der Waals surface area contributed by atoms with Crippen molar-refractivity contribution in [1.82, 2.24) is 10.6 Å². The Balaban J connectivity index is 2.62. The Morgan fingerprint density at radius 2 is 1.89 bits per heavy atom. The van der Waals surface area contributed by atoms with Crippen LogP contribution in [-0.2, 0) is 9.53 Å². The van der Waals surface area contributed by atoms with Crippen LogP contribution in [0.2, 0.25) is 0 Å². The normalized spacial score (nSPS) is 10.1. The molecule has 0 heterocycles. The Morgan fingerprint density at radius 1 is 1.15 bits per heavy atom. The van der Waals surface area contributed by atoms with E-state index in [1.807, 2.05) is 13.8 Å². The van der Waals surface area contributed by atoms with Crippen LogP contribution in [0.25, 0.3) is 0 Å². The van der Waals surface area contributed by atoms with Crippen molar-refractivity contribution in [1.29, 1.82) is 0 Å². The van der Waals surface area contributed by atoms with Gasteiger partial charge in [0.25, 0.3) is 5.91 Å². The van der Waals surface area contributed by atoms with Crippen LogP contribution >= 0.6 is 15.9 Å². The maximum atomic E-state index is 12.2. The number of unbranched alkanes of at least 4 members (excludes halogenated alkanes) is 1. The molecule has 0 aromatic heterocycles. The van der Waals surface area contributed by atoms with Crippen LogP contribution in [0.4, 0.5) is 4.79 Å². The maximum Gasteiger partial charge on any atom is 0.338 e. The predicted molar refractivity (Wildman–Crippen MR) is 103 cm³/mol. The van der Waals surface area contributed by atoms with Gasteiger partial charge < -0.3 is 19.5 Å². The molecule has 0 unspecified atom stereocenters. The zero-order valence-electron chi connectivity index (χ0n) is 15.7. The number of benzene rings is 1. The fourth-order valence-corrected chi connectivity index (χ4v) is 2.54. The molecule has 0 bridgehead atoms. The minimum atomic E-state index is -0.724. The van der Waals surface area contributed by atoms with Crippen molar-refractivity contribution in [3.63, 3.8) is 0 Å².